The zero-order valence-corrected chi connectivity index (χ0v) is 15.4. The van der Waals surface area contributed by atoms with Crippen molar-refractivity contribution >= 4 is 16.2 Å². The molecule has 0 aliphatic heterocycles. The predicted molar refractivity (Wildman–Crippen MR) is 95.0 cm³/mol. The van der Waals surface area contributed by atoms with Crippen molar-refractivity contribution < 1.29 is 8.82 Å². The Balaban J connectivity index is 2.89. The number of hydrogen-bond donors (Lipinski definition) is 1. The maximum atomic E-state index is 14.8. The normalized spacial score (nSPS) is 11.8. The van der Waals surface area contributed by atoms with E-state index in [1.54, 1.807) is 0 Å². The van der Waals surface area contributed by atoms with E-state index >= 15 is 0 Å². The van der Waals surface area contributed by atoms with Crippen LogP contribution < -0.4 is 5.73 Å². The third-order valence-corrected chi connectivity index (χ3v) is 4.51. The molecule has 2 N–H and O–H groups in total. The molecular weight excluding hydrogens is 305 g/mol. The van der Waals surface area contributed by atoms with Crippen LogP contribution in [-0.2, 0) is 16.4 Å². The fourth-order valence-corrected chi connectivity index (χ4v) is 3.12. The van der Waals surface area contributed by atoms with Crippen LogP contribution >= 0.6 is 0 Å². The number of nitrogen functional groups attached to an aromatic ring is 1. The van der Waals surface area contributed by atoms with Crippen LogP contribution in [0.1, 0.15) is 43.0 Å². The highest BCUT2D eigenvalue weighted by Crippen LogP contribution is 2.40. The summed E-state index contributed by atoms with van der Waals surface area (Å²) in [7, 11) is 3.00. The van der Waals surface area contributed by atoms with E-state index in [2.05, 4.69) is 37.3 Å². The first-order valence-corrected chi connectivity index (χ1v) is 8.06. The standard InChI is InChI=1S/C19H23FNOSi/c1-11-12(2)18(21)17(20)14(10-22-23)16(11)13-8-6-7-9-15(13)19(3,4)5/h6-9H,10,21H2,1-5H3. The highest BCUT2D eigenvalue weighted by atomic mass is 28.2. The zero-order chi connectivity index (χ0) is 17.4. The molecule has 0 aliphatic carbocycles. The van der Waals surface area contributed by atoms with Crippen LogP contribution in [0.2, 0.25) is 0 Å². The molecule has 0 bridgehead atoms. The number of rotatable bonds is 3. The Bertz CT molecular complexity index is 735. The van der Waals surface area contributed by atoms with E-state index in [0.29, 0.717) is 5.56 Å². The van der Waals surface area contributed by atoms with Crippen LogP contribution in [-0.4, -0.2) is 10.5 Å². The van der Waals surface area contributed by atoms with Gasteiger partial charge in [0.25, 0.3) is 0 Å². The molecule has 4 heteroatoms. The summed E-state index contributed by atoms with van der Waals surface area (Å²) in [5.41, 5.74) is 11.4. The van der Waals surface area contributed by atoms with E-state index in [9.17, 15) is 4.39 Å². The van der Waals surface area contributed by atoms with Crippen LogP contribution in [0.25, 0.3) is 11.1 Å². The van der Waals surface area contributed by atoms with Gasteiger partial charge in [0.2, 0.25) is 10.5 Å². The molecule has 0 aliphatic rings. The number of anilines is 1. The fraction of sp³-hybridized carbons (Fsp3) is 0.368. The van der Waals surface area contributed by atoms with Gasteiger partial charge in [0.15, 0.2) is 5.82 Å². The second-order valence-electron chi connectivity index (χ2n) is 6.92. The maximum absolute atomic E-state index is 14.8. The maximum Gasteiger partial charge on any atom is 0.246 e. The molecular formula is C19H23FNOSi. The van der Waals surface area contributed by atoms with Crippen molar-refractivity contribution in [3.05, 3.63) is 52.3 Å². The molecule has 0 amide bonds. The zero-order valence-electron chi connectivity index (χ0n) is 14.4. The predicted octanol–water partition coefficient (Wildman–Crippen LogP) is 4.59. The minimum atomic E-state index is -0.398. The fourth-order valence-electron chi connectivity index (χ4n) is 2.98. The van der Waals surface area contributed by atoms with Crippen molar-refractivity contribution in [2.45, 2.75) is 46.6 Å². The number of benzene rings is 2. The molecule has 0 spiro atoms. The molecule has 0 aromatic heterocycles. The molecule has 121 valence electrons. The summed E-state index contributed by atoms with van der Waals surface area (Å²) in [5.74, 6) is -0.398. The number of halogens is 1. The van der Waals surface area contributed by atoms with Crippen molar-refractivity contribution in [2.24, 2.45) is 0 Å². The Labute approximate surface area is 141 Å². The molecule has 0 saturated carbocycles. The summed E-state index contributed by atoms with van der Waals surface area (Å²) in [6.45, 7) is 10.4. The van der Waals surface area contributed by atoms with Gasteiger partial charge in [0, 0.05) is 5.56 Å². The van der Waals surface area contributed by atoms with Gasteiger partial charge in [-0.2, -0.15) is 0 Å². The van der Waals surface area contributed by atoms with Gasteiger partial charge in [-0.05, 0) is 47.1 Å². The minimum absolute atomic E-state index is 0.0547. The van der Waals surface area contributed by atoms with E-state index in [4.69, 9.17) is 10.2 Å². The van der Waals surface area contributed by atoms with Gasteiger partial charge in [-0.25, -0.2) is 4.39 Å². The Morgan fingerprint density at radius 3 is 2.30 bits per heavy atom. The van der Waals surface area contributed by atoms with E-state index in [0.717, 1.165) is 22.3 Å². The van der Waals surface area contributed by atoms with E-state index in [-0.39, 0.29) is 17.7 Å². The first-order valence-electron chi connectivity index (χ1n) is 7.65. The lowest BCUT2D eigenvalue weighted by molar-refractivity contribution is 0.331. The SMILES string of the molecule is Cc1c(C)c(-c2ccccc2C(C)(C)C)c(CO[Si])c(F)c1N. The lowest BCUT2D eigenvalue weighted by Gasteiger charge is -2.26. The summed E-state index contributed by atoms with van der Waals surface area (Å²) < 4.78 is 19.8. The van der Waals surface area contributed by atoms with Gasteiger partial charge in [-0.15, -0.1) is 0 Å². The molecule has 0 heterocycles. The lowest BCUT2D eigenvalue weighted by Crippen LogP contribution is -2.14. The topological polar surface area (TPSA) is 35.2 Å². The van der Waals surface area contributed by atoms with Gasteiger partial charge in [-0.1, -0.05) is 45.0 Å². The van der Waals surface area contributed by atoms with Gasteiger partial charge in [0.1, 0.15) is 0 Å². The van der Waals surface area contributed by atoms with Crippen molar-refractivity contribution in [3.8, 4) is 11.1 Å². The third-order valence-electron chi connectivity index (χ3n) is 4.37. The Kier molecular flexibility index (Phi) is 4.97. The van der Waals surface area contributed by atoms with Crippen molar-refractivity contribution in [1.29, 1.82) is 0 Å². The number of hydrogen-bond acceptors (Lipinski definition) is 2. The Morgan fingerprint density at radius 2 is 1.74 bits per heavy atom. The molecule has 2 nitrogen and oxygen atoms in total. The molecule has 0 atom stereocenters. The lowest BCUT2D eigenvalue weighted by atomic mass is 9.79. The van der Waals surface area contributed by atoms with Crippen molar-refractivity contribution in [1.82, 2.24) is 0 Å². The Morgan fingerprint density at radius 1 is 1.13 bits per heavy atom. The molecule has 0 unspecified atom stereocenters. The van der Waals surface area contributed by atoms with Crippen LogP contribution in [0.5, 0.6) is 0 Å². The summed E-state index contributed by atoms with van der Waals surface area (Å²) in [5, 5.41) is 0. The second-order valence-corrected chi connectivity index (χ2v) is 7.20. The highest BCUT2D eigenvalue weighted by Gasteiger charge is 2.24. The van der Waals surface area contributed by atoms with Gasteiger partial charge in [0.05, 0.1) is 12.3 Å². The van der Waals surface area contributed by atoms with E-state index in [1.165, 1.54) is 5.56 Å². The van der Waals surface area contributed by atoms with E-state index < -0.39 is 5.82 Å². The average molecular weight is 328 g/mol. The summed E-state index contributed by atoms with van der Waals surface area (Å²) in [6, 6.07) is 8.12. The largest absolute Gasteiger partial charge is 0.414 e. The molecule has 0 saturated heterocycles. The number of nitrogens with two attached hydrogens (primary N) is 1. The molecule has 2 rings (SSSR count). The van der Waals surface area contributed by atoms with Crippen LogP contribution in [0, 0.1) is 19.7 Å². The van der Waals surface area contributed by atoms with Crippen molar-refractivity contribution in [2.75, 3.05) is 5.73 Å². The molecule has 2 aromatic carbocycles. The minimum Gasteiger partial charge on any atom is -0.414 e. The molecule has 2 aromatic rings. The second kappa shape index (κ2) is 6.46. The van der Waals surface area contributed by atoms with Gasteiger partial charge in [-0.3, -0.25) is 0 Å². The van der Waals surface area contributed by atoms with Crippen LogP contribution in [0.15, 0.2) is 24.3 Å². The molecule has 23 heavy (non-hydrogen) atoms. The highest BCUT2D eigenvalue weighted by molar-refractivity contribution is 5.98. The first kappa shape index (κ1) is 17.7. The van der Waals surface area contributed by atoms with Crippen molar-refractivity contribution in [3.63, 3.8) is 0 Å². The first-order chi connectivity index (χ1) is 10.7. The smallest absolute Gasteiger partial charge is 0.246 e. The average Bonchev–Trinajstić information content (AvgIpc) is 2.50. The van der Waals surface area contributed by atoms with Crippen LogP contribution in [0.4, 0.5) is 10.1 Å². The molecule has 0 fully saturated rings. The summed E-state index contributed by atoms with van der Waals surface area (Å²) >= 11 is 0. The Hall–Kier alpha value is -1.65. The van der Waals surface area contributed by atoms with Gasteiger partial charge < -0.3 is 10.2 Å². The summed E-state index contributed by atoms with van der Waals surface area (Å²) in [6.07, 6.45) is 0. The molecule has 3 radical (unpaired) electrons. The van der Waals surface area contributed by atoms with Gasteiger partial charge >= 0.3 is 0 Å². The quantitative estimate of drug-likeness (QED) is 0.661. The van der Waals surface area contributed by atoms with E-state index in [1.807, 2.05) is 32.0 Å². The monoisotopic (exact) mass is 328 g/mol. The van der Waals surface area contributed by atoms with Crippen LogP contribution in [0.3, 0.4) is 0 Å². The third kappa shape index (κ3) is 3.19. The summed E-state index contributed by atoms with van der Waals surface area (Å²) in [4.78, 5) is 0.